The van der Waals surface area contributed by atoms with Crippen molar-refractivity contribution in [3.8, 4) is 0 Å². The predicted octanol–water partition coefficient (Wildman–Crippen LogP) is 2.80. The smallest absolute Gasteiger partial charge is 0.221 e. The van der Waals surface area contributed by atoms with E-state index in [4.69, 9.17) is 5.73 Å². The van der Waals surface area contributed by atoms with Crippen molar-refractivity contribution in [2.45, 2.75) is 19.9 Å². The monoisotopic (exact) mass is 270 g/mol. The molecule has 0 saturated heterocycles. The third-order valence-corrected chi connectivity index (χ3v) is 2.84. The van der Waals surface area contributed by atoms with Crippen LogP contribution in [0.5, 0.6) is 0 Å². The summed E-state index contributed by atoms with van der Waals surface area (Å²) in [6.45, 7) is 3.52. The van der Waals surface area contributed by atoms with E-state index in [1.165, 1.54) is 6.92 Å². The average Bonchev–Trinajstić information content (AvgIpc) is 2.38. The number of hydrogen-bond acceptors (Lipinski definition) is 4. The molecular formula is C15H18N4O. The summed E-state index contributed by atoms with van der Waals surface area (Å²) in [6, 6.07) is 13.2. The SMILES string of the molecule is CC(=O)Nc1cccc(C(C)Nc2cccc(N)n2)c1. The van der Waals surface area contributed by atoms with E-state index >= 15 is 0 Å². The van der Waals surface area contributed by atoms with E-state index in [1.54, 1.807) is 6.07 Å². The van der Waals surface area contributed by atoms with Crippen LogP contribution in [0.1, 0.15) is 25.5 Å². The summed E-state index contributed by atoms with van der Waals surface area (Å²) in [4.78, 5) is 15.3. The molecule has 0 fully saturated rings. The van der Waals surface area contributed by atoms with E-state index in [0.717, 1.165) is 17.1 Å². The Hall–Kier alpha value is -2.56. The number of carbonyl (C=O) groups is 1. The number of rotatable bonds is 4. The van der Waals surface area contributed by atoms with Gasteiger partial charge in [0.05, 0.1) is 6.04 Å². The van der Waals surface area contributed by atoms with Crippen LogP contribution in [0.2, 0.25) is 0 Å². The molecule has 0 bridgehead atoms. The van der Waals surface area contributed by atoms with Gasteiger partial charge in [-0.25, -0.2) is 4.98 Å². The number of nitrogen functional groups attached to an aromatic ring is 1. The Kier molecular flexibility index (Phi) is 4.20. The molecule has 0 saturated carbocycles. The largest absolute Gasteiger partial charge is 0.384 e. The molecule has 1 amide bonds. The van der Waals surface area contributed by atoms with Crippen LogP contribution in [-0.2, 0) is 4.79 Å². The van der Waals surface area contributed by atoms with E-state index in [9.17, 15) is 4.79 Å². The molecule has 0 spiro atoms. The number of aromatic nitrogens is 1. The first-order chi connectivity index (χ1) is 9.54. The number of benzene rings is 1. The molecule has 5 heteroatoms. The molecule has 2 aromatic rings. The van der Waals surface area contributed by atoms with Gasteiger partial charge in [-0.1, -0.05) is 18.2 Å². The molecule has 1 aromatic carbocycles. The lowest BCUT2D eigenvalue weighted by atomic mass is 10.1. The van der Waals surface area contributed by atoms with Gasteiger partial charge >= 0.3 is 0 Å². The molecule has 4 N–H and O–H groups in total. The van der Waals surface area contributed by atoms with Crippen LogP contribution in [-0.4, -0.2) is 10.9 Å². The Morgan fingerprint density at radius 1 is 1.25 bits per heavy atom. The summed E-state index contributed by atoms with van der Waals surface area (Å²) < 4.78 is 0. The Balaban J connectivity index is 2.12. The molecule has 1 unspecified atom stereocenters. The standard InChI is InChI=1S/C15H18N4O/c1-10(17-15-8-4-7-14(16)19-15)12-5-3-6-13(9-12)18-11(2)20/h3-10H,1-2H3,(H,18,20)(H3,16,17,19). The fourth-order valence-corrected chi connectivity index (χ4v) is 1.93. The van der Waals surface area contributed by atoms with Crippen LogP contribution < -0.4 is 16.4 Å². The van der Waals surface area contributed by atoms with Gasteiger partial charge in [-0.2, -0.15) is 0 Å². The number of nitrogens with two attached hydrogens (primary N) is 1. The first kappa shape index (κ1) is 13.9. The Labute approximate surface area is 118 Å². The molecule has 0 aliphatic carbocycles. The van der Waals surface area contributed by atoms with Crippen LogP contribution in [0, 0.1) is 0 Å². The lowest BCUT2D eigenvalue weighted by molar-refractivity contribution is -0.114. The number of pyridine rings is 1. The number of nitrogens with one attached hydrogen (secondary N) is 2. The maximum atomic E-state index is 11.1. The molecule has 1 heterocycles. The van der Waals surface area contributed by atoms with E-state index in [-0.39, 0.29) is 11.9 Å². The van der Waals surface area contributed by atoms with Crippen LogP contribution in [0.3, 0.4) is 0 Å². The molecule has 0 radical (unpaired) electrons. The molecule has 0 aliphatic heterocycles. The maximum absolute atomic E-state index is 11.1. The van der Waals surface area contributed by atoms with Gasteiger partial charge in [0.1, 0.15) is 11.6 Å². The number of anilines is 3. The summed E-state index contributed by atoms with van der Waals surface area (Å²) >= 11 is 0. The highest BCUT2D eigenvalue weighted by Gasteiger charge is 2.07. The highest BCUT2D eigenvalue weighted by Crippen LogP contribution is 2.21. The summed E-state index contributed by atoms with van der Waals surface area (Å²) in [5.74, 6) is 1.12. The second kappa shape index (κ2) is 6.06. The Morgan fingerprint density at radius 3 is 2.70 bits per heavy atom. The van der Waals surface area contributed by atoms with Crippen molar-refractivity contribution in [3.05, 3.63) is 48.0 Å². The zero-order valence-corrected chi connectivity index (χ0v) is 11.6. The number of nitrogens with zero attached hydrogens (tertiary/aromatic N) is 1. The second-order valence-corrected chi connectivity index (χ2v) is 4.62. The quantitative estimate of drug-likeness (QED) is 0.798. The fourth-order valence-electron chi connectivity index (χ4n) is 1.93. The van der Waals surface area contributed by atoms with Crippen molar-refractivity contribution < 1.29 is 4.79 Å². The Bertz CT molecular complexity index is 612. The van der Waals surface area contributed by atoms with Gasteiger partial charge in [0.2, 0.25) is 5.91 Å². The third kappa shape index (κ3) is 3.71. The molecule has 1 atom stereocenters. The summed E-state index contributed by atoms with van der Waals surface area (Å²) in [5, 5.41) is 6.05. The van der Waals surface area contributed by atoms with Crippen LogP contribution in [0.15, 0.2) is 42.5 Å². The predicted molar refractivity (Wildman–Crippen MR) is 81.4 cm³/mol. The first-order valence-corrected chi connectivity index (χ1v) is 6.41. The zero-order valence-electron chi connectivity index (χ0n) is 11.6. The molecule has 2 rings (SSSR count). The van der Waals surface area contributed by atoms with E-state index in [0.29, 0.717) is 5.82 Å². The van der Waals surface area contributed by atoms with Crippen LogP contribution in [0.4, 0.5) is 17.3 Å². The summed E-state index contributed by atoms with van der Waals surface area (Å²) in [7, 11) is 0. The van der Waals surface area contributed by atoms with Gasteiger partial charge in [-0.3, -0.25) is 4.79 Å². The normalized spacial score (nSPS) is 11.7. The molecule has 20 heavy (non-hydrogen) atoms. The second-order valence-electron chi connectivity index (χ2n) is 4.62. The lowest BCUT2D eigenvalue weighted by Gasteiger charge is -2.16. The van der Waals surface area contributed by atoms with Crippen LogP contribution >= 0.6 is 0 Å². The van der Waals surface area contributed by atoms with Gasteiger partial charge in [0.25, 0.3) is 0 Å². The highest BCUT2D eigenvalue weighted by atomic mass is 16.1. The average molecular weight is 270 g/mol. The molecule has 0 aliphatic rings. The minimum atomic E-state index is -0.0831. The minimum absolute atomic E-state index is 0.0537. The van der Waals surface area contributed by atoms with Crippen LogP contribution in [0.25, 0.3) is 0 Å². The summed E-state index contributed by atoms with van der Waals surface area (Å²) in [5.41, 5.74) is 7.49. The third-order valence-electron chi connectivity index (χ3n) is 2.84. The van der Waals surface area contributed by atoms with Gasteiger partial charge < -0.3 is 16.4 Å². The lowest BCUT2D eigenvalue weighted by Crippen LogP contribution is -2.10. The van der Waals surface area contributed by atoms with E-state index < -0.39 is 0 Å². The number of amides is 1. The molecule has 1 aromatic heterocycles. The van der Waals surface area contributed by atoms with Crippen molar-refractivity contribution in [1.29, 1.82) is 0 Å². The minimum Gasteiger partial charge on any atom is -0.384 e. The Morgan fingerprint density at radius 2 is 2.00 bits per heavy atom. The van der Waals surface area contributed by atoms with Gasteiger partial charge in [0, 0.05) is 12.6 Å². The number of carbonyl (C=O) groups excluding carboxylic acids is 1. The van der Waals surface area contributed by atoms with Crippen molar-refractivity contribution in [1.82, 2.24) is 4.98 Å². The summed E-state index contributed by atoms with van der Waals surface area (Å²) in [6.07, 6.45) is 0. The fraction of sp³-hybridized carbons (Fsp3) is 0.200. The van der Waals surface area contributed by atoms with Gasteiger partial charge in [-0.05, 0) is 36.8 Å². The topological polar surface area (TPSA) is 80.0 Å². The van der Waals surface area contributed by atoms with E-state index in [2.05, 4.69) is 15.6 Å². The van der Waals surface area contributed by atoms with Crippen molar-refractivity contribution in [3.63, 3.8) is 0 Å². The molecular weight excluding hydrogens is 252 g/mol. The number of hydrogen-bond donors (Lipinski definition) is 3. The molecule has 5 nitrogen and oxygen atoms in total. The molecule has 104 valence electrons. The highest BCUT2D eigenvalue weighted by molar-refractivity contribution is 5.88. The van der Waals surface area contributed by atoms with Crippen molar-refractivity contribution >= 4 is 23.2 Å². The first-order valence-electron chi connectivity index (χ1n) is 6.41. The van der Waals surface area contributed by atoms with E-state index in [1.807, 2.05) is 43.3 Å². The van der Waals surface area contributed by atoms with Crippen molar-refractivity contribution in [2.24, 2.45) is 0 Å². The van der Waals surface area contributed by atoms with Gasteiger partial charge in [-0.15, -0.1) is 0 Å². The zero-order chi connectivity index (χ0) is 14.5. The maximum Gasteiger partial charge on any atom is 0.221 e. The van der Waals surface area contributed by atoms with Crippen molar-refractivity contribution in [2.75, 3.05) is 16.4 Å². The van der Waals surface area contributed by atoms with Gasteiger partial charge in [0.15, 0.2) is 0 Å².